The summed E-state index contributed by atoms with van der Waals surface area (Å²) in [7, 11) is 0. The Bertz CT molecular complexity index is 367. The van der Waals surface area contributed by atoms with Gasteiger partial charge >= 0.3 is 0 Å². The van der Waals surface area contributed by atoms with E-state index in [9.17, 15) is 4.39 Å². The summed E-state index contributed by atoms with van der Waals surface area (Å²) in [5.74, 6) is -0.180. The summed E-state index contributed by atoms with van der Waals surface area (Å²) in [6.07, 6.45) is 3.57. The third kappa shape index (κ3) is 2.73. The third-order valence-electron chi connectivity index (χ3n) is 1.87. The Kier molecular flexibility index (Phi) is 3.46. The van der Waals surface area contributed by atoms with Crippen LogP contribution in [0.25, 0.3) is 0 Å². The maximum Gasteiger partial charge on any atom is 0.126 e. The van der Waals surface area contributed by atoms with Gasteiger partial charge in [0, 0.05) is 11.4 Å². The molecule has 0 saturated heterocycles. The highest BCUT2D eigenvalue weighted by Crippen LogP contribution is 2.15. The number of benzene rings is 1. The Balaban J connectivity index is 2.83. The van der Waals surface area contributed by atoms with Crippen molar-refractivity contribution in [2.24, 2.45) is 0 Å². The van der Waals surface area contributed by atoms with Gasteiger partial charge in [-0.3, -0.25) is 0 Å². The first-order valence-electron chi connectivity index (χ1n) is 4.46. The van der Waals surface area contributed by atoms with Crippen molar-refractivity contribution in [3.05, 3.63) is 54.0 Å². The summed E-state index contributed by atoms with van der Waals surface area (Å²) in [6, 6.07) is 4.94. The van der Waals surface area contributed by atoms with E-state index in [1.807, 2.05) is 13.0 Å². The van der Waals surface area contributed by atoms with E-state index >= 15 is 0 Å². The number of rotatable bonds is 3. The number of anilines is 1. The summed E-state index contributed by atoms with van der Waals surface area (Å²) in [6.45, 7) is 7.27. The van der Waals surface area contributed by atoms with Crippen LogP contribution in [0.2, 0.25) is 0 Å². The molecule has 0 amide bonds. The van der Waals surface area contributed by atoms with Gasteiger partial charge < -0.3 is 5.32 Å². The standard InChI is InChI=1S/C12H14FN/c1-4-5-10(3)14-11-6-7-12(13)9(2)8-11/h4-8,14H,1H2,2-3H3/b10-5+. The van der Waals surface area contributed by atoms with Crippen molar-refractivity contribution in [3.63, 3.8) is 0 Å². The molecule has 0 spiro atoms. The average molecular weight is 191 g/mol. The normalized spacial score (nSPS) is 11.2. The fourth-order valence-corrected chi connectivity index (χ4v) is 1.17. The van der Waals surface area contributed by atoms with Gasteiger partial charge in [0.25, 0.3) is 0 Å². The molecule has 1 aromatic carbocycles. The minimum Gasteiger partial charge on any atom is -0.359 e. The van der Waals surface area contributed by atoms with Crippen molar-refractivity contribution in [1.29, 1.82) is 0 Å². The fraction of sp³-hybridized carbons (Fsp3) is 0.167. The molecule has 1 N–H and O–H groups in total. The number of allylic oxidation sites excluding steroid dienone is 3. The molecule has 0 saturated carbocycles. The zero-order valence-corrected chi connectivity index (χ0v) is 8.47. The second-order valence-corrected chi connectivity index (χ2v) is 3.17. The first-order valence-corrected chi connectivity index (χ1v) is 4.46. The molecule has 0 aliphatic rings. The van der Waals surface area contributed by atoms with Crippen LogP contribution in [0, 0.1) is 12.7 Å². The smallest absolute Gasteiger partial charge is 0.126 e. The molecule has 1 rings (SSSR count). The van der Waals surface area contributed by atoms with Gasteiger partial charge in [-0.15, -0.1) is 0 Å². The van der Waals surface area contributed by atoms with Gasteiger partial charge in [0.15, 0.2) is 0 Å². The lowest BCUT2D eigenvalue weighted by molar-refractivity contribution is 0.619. The second kappa shape index (κ2) is 4.61. The molecule has 0 radical (unpaired) electrons. The summed E-state index contributed by atoms with van der Waals surface area (Å²) in [4.78, 5) is 0. The summed E-state index contributed by atoms with van der Waals surface area (Å²) in [5, 5.41) is 3.13. The van der Waals surface area contributed by atoms with Gasteiger partial charge in [0.2, 0.25) is 0 Å². The summed E-state index contributed by atoms with van der Waals surface area (Å²) < 4.78 is 12.9. The fourth-order valence-electron chi connectivity index (χ4n) is 1.17. The van der Waals surface area contributed by atoms with E-state index in [1.165, 1.54) is 6.07 Å². The number of aryl methyl sites for hydroxylation is 1. The molecular weight excluding hydrogens is 177 g/mol. The van der Waals surface area contributed by atoms with Crippen molar-refractivity contribution in [1.82, 2.24) is 0 Å². The third-order valence-corrected chi connectivity index (χ3v) is 1.87. The molecule has 0 heterocycles. The Hall–Kier alpha value is -1.57. The molecule has 1 nitrogen and oxygen atoms in total. The maximum atomic E-state index is 12.9. The highest BCUT2D eigenvalue weighted by Gasteiger charge is 1.98. The van der Waals surface area contributed by atoms with Crippen LogP contribution >= 0.6 is 0 Å². The molecule has 0 unspecified atom stereocenters. The highest BCUT2D eigenvalue weighted by molar-refractivity contribution is 5.50. The molecule has 0 aromatic heterocycles. The van der Waals surface area contributed by atoms with E-state index in [0.717, 1.165) is 11.4 Å². The van der Waals surface area contributed by atoms with Crippen LogP contribution < -0.4 is 5.32 Å². The minimum absolute atomic E-state index is 0.180. The average Bonchev–Trinajstić information content (AvgIpc) is 2.12. The van der Waals surface area contributed by atoms with E-state index in [-0.39, 0.29) is 5.82 Å². The molecule has 0 aliphatic carbocycles. The number of hydrogen-bond acceptors (Lipinski definition) is 1. The van der Waals surface area contributed by atoms with E-state index in [0.29, 0.717) is 5.56 Å². The maximum absolute atomic E-state index is 12.9. The van der Waals surface area contributed by atoms with Gasteiger partial charge in [-0.2, -0.15) is 0 Å². The predicted octanol–water partition coefficient (Wildman–Crippen LogP) is 3.64. The van der Waals surface area contributed by atoms with E-state index in [2.05, 4.69) is 11.9 Å². The van der Waals surface area contributed by atoms with Crippen LogP contribution in [0.4, 0.5) is 10.1 Å². The lowest BCUT2D eigenvalue weighted by Crippen LogP contribution is -1.95. The van der Waals surface area contributed by atoms with Crippen molar-refractivity contribution in [2.45, 2.75) is 13.8 Å². The number of hydrogen-bond donors (Lipinski definition) is 1. The molecule has 1 aromatic rings. The SMILES string of the molecule is C=C/C=C(\C)Nc1ccc(F)c(C)c1. The predicted molar refractivity (Wildman–Crippen MR) is 58.7 cm³/mol. The first kappa shape index (κ1) is 10.5. The van der Waals surface area contributed by atoms with Crippen molar-refractivity contribution < 1.29 is 4.39 Å². The topological polar surface area (TPSA) is 12.0 Å². The molecule has 0 aliphatic heterocycles. The largest absolute Gasteiger partial charge is 0.359 e. The monoisotopic (exact) mass is 191 g/mol. The Morgan fingerprint density at radius 1 is 1.50 bits per heavy atom. The lowest BCUT2D eigenvalue weighted by Gasteiger charge is -2.07. The Morgan fingerprint density at radius 3 is 2.79 bits per heavy atom. The Labute approximate surface area is 84.0 Å². The highest BCUT2D eigenvalue weighted by atomic mass is 19.1. The molecule has 2 heteroatoms. The number of nitrogens with one attached hydrogen (secondary N) is 1. The first-order chi connectivity index (χ1) is 6.63. The van der Waals surface area contributed by atoms with Crippen molar-refractivity contribution in [2.75, 3.05) is 5.32 Å². The zero-order valence-electron chi connectivity index (χ0n) is 8.47. The molecular formula is C12H14FN. The van der Waals surface area contributed by atoms with Gasteiger partial charge in [-0.05, 0) is 43.7 Å². The molecule has 74 valence electrons. The molecule has 0 bridgehead atoms. The van der Waals surface area contributed by atoms with E-state index in [1.54, 1.807) is 25.1 Å². The molecule has 14 heavy (non-hydrogen) atoms. The quantitative estimate of drug-likeness (QED) is 0.719. The van der Waals surface area contributed by atoms with Crippen molar-refractivity contribution in [3.8, 4) is 0 Å². The van der Waals surface area contributed by atoms with Crippen LogP contribution in [0.5, 0.6) is 0 Å². The summed E-state index contributed by atoms with van der Waals surface area (Å²) in [5.41, 5.74) is 2.51. The molecule has 0 atom stereocenters. The van der Waals surface area contributed by atoms with E-state index < -0.39 is 0 Å². The van der Waals surface area contributed by atoms with Gasteiger partial charge in [-0.25, -0.2) is 4.39 Å². The van der Waals surface area contributed by atoms with Gasteiger partial charge in [-0.1, -0.05) is 12.7 Å². The molecule has 0 fully saturated rings. The van der Waals surface area contributed by atoms with Crippen LogP contribution in [0.15, 0.2) is 42.6 Å². The lowest BCUT2D eigenvalue weighted by atomic mass is 10.2. The van der Waals surface area contributed by atoms with Crippen molar-refractivity contribution >= 4 is 5.69 Å². The number of halogens is 1. The van der Waals surface area contributed by atoms with Crippen LogP contribution in [0.1, 0.15) is 12.5 Å². The van der Waals surface area contributed by atoms with Crippen LogP contribution in [-0.4, -0.2) is 0 Å². The summed E-state index contributed by atoms with van der Waals surface area (Å²) >= 11 is 0. The van der Waals surface area contributed by atoms with Crippen LogP contribution in [-0.2, 0) is 0 Å². The second-order valence-electron chi connectivity index (χ2n) is 3.17. The van der Waals surface area contributed by atoms with Gasteiger partial charge in [0.05, 0.1) is 0 Å². The zero-order chi connectivity index (χ0) is 10.6. The minimum atomic E-state index is -0.180. The van der Waals surface area contributed by atoms with Crippen LogP contribution in [0.3, 0.4) is 0 Å². The Morgan fingerprint density at radius 2 is 2.21 bits per heavy atom. The van der Waals surface area contributed by atoms with Gasteiger partial charge in [0.1, 0.15) is 5.82 Å². The van der Waals surface area contributed by atoms with E-state index in [4.69, 9.17) is 0 Å².